The lowest BCUT2D eigenvalue weighted by molar-refractivity contribution is 0.368. The molecule has 0 saturated carbocycles. The Kier molecular flexibility index (Phi) is 3.59. The van der Waals surface area contributed by atoms with Gasteiger partial charge in [0.15, 0.2) is 0 Å². The second kappa shape index (κ2) is 4.73. The fraction of sp³-hybridized carbons (Fsp3) is 0.625. The number of rotatable bonds is 2. The molecule has 100 valence electrons. The van der Waals surface area contributed by atoms with E-state index >= 15 is 0 Å². The summed E-state index contributed by atoms with van der Waals surface area (Å²) in [6.45, 7) is 11.6. The van der Waals surface area contributed by atoms with Crippen molar-refractivity contribution in [1.82, 2.24) is 0 Å². The van der Waals surface area contributed by atoms with Gasteiger partial charge in [-0.1, -0.05) is 44.1 Å². The van der Waals surface area contributed by atoms with Crippen molar-refractivity contribution in [3.8, 4) is 0 Å². The summed E-state index contributed by atoms with van der Waals surface area (Å²) in [6.07, 6.45) is 11.3. The van der Waals surface area contributed by atoms with Crippen LogP contribution in [0.2, 0.25) is 18.1 Å². The first-order valence-corrected chi connectivity index (χ1v) is 9.93. The van der Waals surface area contributed by atoms with E-state index in [1.165, 1.54) is 5.76 Å². The summed E-state index contributed by atoms with van der Waals surface area (Å²) >= 11 is 0. The van der Waals surface area contributed by atoms with Crippen molar-refractivity contribution in [1.29, 1.82) is 0 Å². The molecule has 0 atom stereocenters. The third-order valence-corrected chi connectivity index (χ3v) is 8.94. The molecule has 2 aliphatic rings. The van der Waals surface area contributed by atoms with Crippen LogP contribution >= 0.6 is 0 Å². The van der Waals surface area contributed by atoms with Crippen LogP contribution in [0.15, 0.2) is 35.1 Å². The molecule has 0 unspecified atom stereocenters. The van der Waals surface area contributed by atoms with Crippen molar-refractivity contribution in [2.75, 3.05) is 0 Å². The summed E-state index contributed by atoms with van der Waals surface area (Å²) in [4.78, 5) is 0. The first-order chi connectivity index (χ1) is 8.29. The highest BCUT2D eigenvalue weighted by molar-refractivity contribution is 6.74. The van der Waals surface area contributed by atoms with E-state index in [0.29, 0.717) is 0 Å². The maximum Gasteiger partial charge on any atom is 0.250 e. The number of hydrogen-bond donors (Lipinski definition) is 0. The Labute approximate surface area is 113 Å². The van der Waals surface area contributed by atoms with E-state index < -0.39 is 8.32 Å². The van der Waals surface area contributed by atoms with E-state index in [-0.39, 0.29) is 5.04 Å². The first kappa shape index (κ1) is 13.7. The van der Waals surface area contributed by atoms with Crippen LogP contribution in [-0.4, -0.2) is 8.32 Å². The summed E-state index contributed by atoms with van der Waals surface area (Å²) in [5, 5.41) is 0.287. The smallest absolute Gasteiger partial charge is 0.250 e. The summed E-state index contributed by atoms with van der Waals surface area (Å²) in [5.41, 5.74) is 3.23. The highest BCUT2D eigenvalue weighted by atomic mass is 28.4. The van der Waals surface area contributed by atoms with Gasteiger partial charge in [0.05, 0.1) is 5.76 Å². The minimum absolute atomic E-state index is 0.287. The van der Waals surface area contributed by atoms with Gasteiger partial charge < -0.3 is 4.43 Å². The van der Waals surface area contributed by atoms with Gasteiger partial charge in [-0.3, -0.25) is 0 Å². The first-order valence-electron chi connectivity index (χ1n) is 7.02. The second-order valence-corrected chi connectivity index (χ2v) is 11.7. The van der Waals surface area contributed by atoms with E-state index in [4.69, 9.17) is 4.43 Å². The Bertz CT molecular complexity index is 419. The SMILES string of the molecule is CC(C)(C)[Si](C)(C)OC1=CCC2=C(CC=CC2)C1. The van der Waals surface area contributed by atoms with Crippen molar-refractivity contribution in [2.45, 2.75) is 64.6 Å². The van der Waals surface area contributed by atoms with Gasteiger partial charge in [0.25, 0.3) is 0 Å². The maximum absolute atomic E-state index is 6.43. The van der Waals surface area contributed by atoms with Crippen LogP contribution in [0.4, 0.5) is 0 Å². The summed E-state index contributed by atoms with van der Waals surface area (Å²) in [7, 11) is -1.66. The molecule has 0 aliphatic heterocycles. The fourth-order valence-corrected chi connectivity index (χ4v) is 3.36. The molecule has 0 fully saturated rings. The lowest BCUT2D eigenvalue weighted by atomic mass is 9.88. The van der Waals surface area contributed by atoms with Crippen molar-refractivity contribution in [3.05, 3.63) is 35.1 Å². The monoisotopic (exact) mass is 262 g/mol. The average Bonchev–Trinajstić information content (AvgIpc) is 2.27. The highest BCUT2D eigenvalue weighted by Crippen LogP contribution is 2.40. The van der Waals surface area contributed by atoms with Gasteiger partial charge in [-0.05, 0) is 43.5 Å². The summed E-state index contributed by atoms with van der Waals surface area (Å²) in [5.74, 6) is 1.23. The predicted molar refractivity (Wildman–Crippen MR) is 81.0 cm³/mol. The Morgan fingerprint density at radius 1 is 1.00 bits per heavy atom. The number of allylic oxidation sites excluding steroid dienone is 5. The highest BCUT2D eigenvalue weighted by Gasteiger charge is 2.39. The molecule has 0 N–H and O–H groups in total. The standard InChI is InChI=1S/C16H26OSi/c1-16(2,3)18(4,5)17-15-11-10-13-8-6-7-9-14(13)12-15/h6-7,11H,8-10,12H2,1-5H3. The topological polar surface area (TPSA) is 9.23 Å². The van der Waals surface area contributed by atoms with Gasteiger partial charge in [0.2, 0.25) is 8.32 Å². The van der Waals surface area contributed by atoms with Crippen molar-refractivity contribution >= 4 is 8.32 Å². The van der Waals surface area contributed by atoms with Crippen LogP contribution in [0.3, 0.4) is 0 Å². The lowest BCUT2D eigenvalue weighted by Gasteiger charge is -2.38. The molecule has 0 aromatic carbocycles. The van der Waals surface area contributed by atoms with Gasteiger partial charge in [-0.2, -0.15) is 0 Å². The van der Waals surface area contributed by atoms with E-state index in [0.717, 1.165) is 25.7 Å². The van der Waals surface area contributed by atoms with Gasteiger partial charge in [-0.15, -0.1) is 0 Å². The van der Waals surface area contributed by atoms with Crippen LogP contribution in [0.1, 0.15) is 46.5 Å². The molecule has 0 spiro atoms. The Morgan fingerprint density at radius 3 is 2.22 bits per heavy atom. The maximum atomic E-state index is 6.43. The fourth-order valence-electron chi connectivity index (χ4n) is 2.24. The predicted octanol–water partition coefficient (Wildman–Crippen LogP) is 5.33. The molecular weight excluding hydrogens is 236 g/mol. The van der Waals surface area contributed by atoms with Gasteiger partial charge in [-0.25, -0.2) is 0 Å². The lowest BCUT2D eigenvalue weighted by Crippen LogP contribution is -2.40. The Balaban J connectivity index is 2.03. The molecule has 0 aromatic rings. The Hall–Kier alpha value is -0.763. The van der Waals surface area contributed by atoms with Crippen molar-refractivity contribution in [2.24, 2.45) is 0 Å². The van der Waals surface area contributed by atoms with Crippen LogP contribution in [0.25, 0.3) is 0 Å². The molecule has 0 saturated heterocycles. The van der Waals surface area contributed by atoms with E-state index in [1.807, 2.05) is 0 Å². The molecule has 1 nitrogen and oxygen atoms in total. The quantitative estimate of drug-likeness (QED) is 0.482. The third kappa shape index (κ3) is 2.80. The van der Waals surface area contributed by atoms with Gasteiger partial charge in [0.1, 0.15) is 0 Å². The van der Waals surface area contributed by atoms with E-state index in [9.17, 15) is 0 Å². The largest absolute Gasteiger partial charge is 0.546 e. The molecule has 2 aliphatic carbocycles. The molecule has 2 heteroatoms. The van der Waals surface area contributed by atoms with Crippen LogP contribution in [-0.2, 0) is 4.43 Å². The zero-order valence-electron chi connectivity index (χ0n) is 12.5. The number of hydrogen-bond acceptors (Lipinski definition) is 1. The minimum Gasteiger partial charge on any atom is -0.546 e. The molecule has 0 heterocycles. The van der Waals surface area contributed by atoms with Crippen LogP contribution in [0.5, 0.6) is 0 Å². The average molecular weight is 262 g/mol. The molecular formula is C16H26OSi. The van der Waals surface area contributed by atoms with Crippen molar-refractivity contribution in [3.63, 3.8) is 0 Å². The molecule has 0 amide bonds. The zero-order chi connectivity index (χ0) is 13.4. The van der Waals surface area contributed by atoms with E-state index in [2.05, 4.69) is 52.1 Å². The summed E-state index contributed by atoms with van der Waals surface area (Å²) in [6, 6.07) is 0. The second-order valence-electron chi connectivity index (χ2n) is 7.00. The van der Waals surface area contributed by atoms with E-state index in [1.54, 1.807) is 11.1 Å². The zero-order valence-corrected chi connectivity index (χ0v) is 13.5. The molecule has 0 bridgehead atoms. The van der Waals surface area contributed by atoms with Gasteiger partial charge >= 0.3 is 0 Å². The third-order valence-electron chi connectivity index (χ3n) is 4.55. The molecule has 0 radical (unpaired) electrons. The minimum atomic E-state index is -1.66. The molecule has 2 rings (SSSR count). The van der Waals surface area contributed by atoms with Crippen LogP contribution in [0, 0.1) is 0 Å². The molecule has 0 aromatic heterocycles. The summed E-state index contributed by atoms with van der Waals surface area (Å²) < 4.78 is 6.43. The Morgan fingerprint density at radius 2 is 1.61 bits per heavy atom. The van der Waals surface area contributed by atoms with Crippen LogP contribution < -0.4 is 0 Å². The van der Waals surface area contributed by atoms with Gasteiger partial charge in [0, 0.05) is 6.42 Å². The normalized spacial score (nSPS) is 20.6. The van der Waals surface area contributed by atoms with Crippen molar-refractivity contribution < 1.29 is 4.43 Å². The molecule has 18 heavy (non-hydrogen) atoms.